The van der Waals surface area contributed by atoms with Gasteiger partial charge in [0, 0.05) is 25.0 Å². The summed E-state index contributed by atoms with van der Waals surface area (Å²) in [5.74, 6) is 0. The van der Waals surface area contributed by atoms with Crippen molar-refractivity contribution in [1.29, 1.82) is 0 Å². The molecular formula is C9H14N2. The molecule has 1 N–H and O–H groups in total. The lowest BCUT2D eigenvalue weighted by Gasteiger charge is -2.10. The molecule has 1 aromatic rings. The van der Waals surface area contributed by atoms with Crippen LogP contribution in [0.15, 0.2) is 24.5 Å². The lowest BCUT2D eigenvalue weighted by molar-refractivity contribution is 0.511. The molecule has 2 heteroatoms. The minimum atomic E-state index is 0.711. The molecule has 0 aliphatic carbocycles. The van der Waals surface area contributed by atoms with Gasteiger partial charge in [0.15, 0.2) is 0 Å². The summed E-state index contributed by atoms with van der Waals surface area (Å²) >= 11 is 0. The van der Waals surface area contributed by atoms with Crippen LogP contribution in [0.1, 0.15) is 12.8 Å². The van der Waals surface area contributed by atoms with Gasteiger partial charge in [0.25, 0.3) is 0 Å². The van der Waals surface area contributed by atoms with Crippen LogP contribution in [0.25, 0.3) is 0 Å². The summed E-state index contributed by atoms with van der Waals surface area (Å²) in [7, 11) is 0. The van der Waals surface area contributed by atoms with Crippen molar-refractivity contribution in [3.05, 3.63) is 24.5 Å². The molecule has 2 heterocycles. The van der Waals surface area contributed by atoms with Gasteiger partial charge in [0.05, 0.1) is 0 Å². The Morgan fingerprint density at radius 1 is 1.36 bits per heavy atom. The molecule has 2 nitrogen and oxygen atoms in total. The molecule has 0 bridgehead atoms. The van der Waals surface area contributed by atoms with Gasteiger partial charge in [-0.3, -0.25) is 0 Å². The van der Waals surface area contributed by atoms with E-state index < -0.39 is 0 Å². The summed E-state index contributed by atoms with van der Waals surface area (Å²) in [4.78, 5) is 0. The van der Waals surface area contributed by atoms with Gasteiger partial charge in [-0.25, -0.2) is 0 Å². The van der Waals surface area contributed by atoms with Gasteiger partial charge in [-0.2, -0.15) is 0 Å². The van der Waals surface area contributed by atoms with Crippen molar-refractivity contribution in [1.82, 2.24) is 9.88 Å². The first kappa shape index (κ1) is 6.92. The van der Waals surface area contributed by atoms with Gasteiger partial charge < -0.3 is 9.88 Å². The number of rotatable bonds is 2. The second-order valence-electron chi connectivity index (χ2n) is 3.17. The minimum Gasteiger partial charge on any atom is -0.353 e. The van der Waals surface area contributed by atoms with E-state index in [0.29, 0.717) is 6.04 Å². The number of nitrogens with one attached hydrogen (secondary N) is 1. The fourth-order valence-corrected chi connectivity index (χ4v) is 1.66. The van der Waals surface area contributed by atoms with E-state index in [4.69, 9.17) is 0 Å². The fourth-order valence-electron chi connectivity index (χ4n) is 1.66. The van der Waals surface area contributed by atoms with Gasteiger partial charge >= 0.3 is 0 Å². The topological polar surface area (TPSA) is 17.0 Å². The third kappa shape index (κ3) is 1.63. The van der Waals surface area contributed by atoms with Crippen molar-refractivity contribution in [2.45, 2.75) is 25.4 Å². The first-order valence-electron chi connectivity index (χ1n) is 4.29. The maximum atomic E-state index is 3.47. The van der Waals surface area contributed by atoms with Crippen LogP contribution >= 0.6 is 0 Å². The molecule has 0 spiro atoms. The van der Waals surface area contributed by atoms with Crippen LogP contribution in [0.2, 0.25) is 0 Å². The lowest BCUT2D eigenvalue weighted by Crippen LogP contribution is -2.26. The van der Waals surface area contributed by atoms with Crippen molar-refractivity contribution in [3.8, 4) is 0 Å². The van der Waals surface area contributed by atoms with E-state index in [1.807, 2.05) is 0 Å². The highest BCUT2D eigenvalue weighted by molar-refractivity contribution is 4.91. The number of nitrogens with zero attached hydrogens (tertiary/aromatic N) is 1. The second-order valence-corrected chi connectivity index (χ2v) is 3.17. The van der Waals surface area contributed by atoms with Crippen LogP contribution in [0.3, 0.4) is 0 Å². The highest BCUT2D eigenvalue weighted by atomic mass is 15.0. The Kier molecular flexibility index (Phi) is 1.95. The van der Waals surface area contributed by atoms with Gasteiger partial charge in [-0.05, 0) is 31.5 Å². The molecule has 0 radical (unpaired) electrons. The van der Waals surface area contributed by atoms with E-state index in [-0.39, 0.29) is 0 Å². The van der Waals surface area contributed by atoms with Gasteiger partial charge in [-0.15, -0.1) is 0 Å². The standard InChI is InChI=1S/C9H14N2/c1-2-7-11(6-1)8-9-4-3-5-10-9/h1-2,6-7,9-10H,3-5,8H2. The Bertz CT molecular complexity index is 197. The summed E-state index contributed by atoms with van der Waals surface area (Å²) in [6, 6.07) is 4.87. The molecular weight excluding hydrogens is 136 g/mol. The minimum absolute atomic E-state index is 0.711. The van der Waals surface area contributed by atoms with Crippen molar-refractivity contribution in [2.75, 3.05) is 6.54 Å². The molecule has 1 aliphatic heterocycles. The average molecular weight is 150 g/mol. The summed E-state index contributed by atoms with van der Waals surface area (Å²) in [6.45, 7) is 2.33. The first-order chi connectivity index (χ1) is 5.45. The van der Waals surface area contributed by atoms with E-state index in [1.165, 1.54) is 19.4 Å². The molecule has 2 rings (SSSR count). The molecule has 1 fully saturated rings. The third-order valence-electron chi connectivity index (χ3n) is 2.26. The van der Waals surface area contributed by atoms with Gasteiger partial charge in [-0.1, -0.05) is 0 Å². The SMILES string of the molecule is c1ccn(CC2CCCN2)c1. The quantitative estimate of drug-likeness (QED) is 0.671. The average Bonchev–Trinajstić information content (AvgIpc) is 2.60. The smallest absolute Gasteiger partial charge is 0.0373 e. The molecule has 1 aliphatic rings. The summed E-state index contributed by atoms with van der Waals surface area (Å²) in [6.07, 6.45) is 6.92. The normalized spacial score (nSPS) is 24.2. The van der Waals surface area contributed by atoms with E-state index in [9.17, 15) is 0 Å². The predicted octanol–water partition coefficient (Wildman–Crippen LogP) is 1.24. The molecule has 1 atom stereocenters. The zero-order valence-corrected chi connectivity index (χ0v) is 6.66. The maximum absolute atomic E-state index is 3.47. The molecule has 11 heavy (non-hydrogen) atoms. The van der Waals surface area contributed by atoms with E-state index in [1.54, 1.807) is 0 Å². The lowest BCUT2D eigenvalue weighted by atomic mass is 10.2. The second kappa shape index (κ2) is 3.09. The largest absolute Gasteiger partial charge is 0.353 e. The van der Waals surface area contributed by atoms with Crippen molar-refractivity contribution >= 4 is 0 Å². The van der Waals surface area contributed by atoms with Crippen LogP contribution < -0.4 is 5.32 Å². The van der Waals surface area contributed by atoms with Crippen LogP contribution in [0.4, 0.5) is 0 Å². The monoisotopic (exact) mass is 150 g/mol. The Morgan fingerprint density at radius 2 is 2.18 bits per heavy atom. The Morgan fingerprint density at radius 3 is 2.82 bits per heavy atom. The van der Waals surface area contributed by atoms with Crippen molar-refractivity contribution < 1.29 is 0 Å². The third-order valence-corrected chi connectivity index (χ3v) is 2.26. The Balaban J connectivity index is 1.90. The molecule has 1 unspecified atom stereocenters. The van der Waals surface area contributed by atoms with Crippen molar-refractivity contribution in [3.63, 3.8) is 0 Å². The van der Waals surface area contributed by atoms with E-state index >= 15 is 0 Å². The van der Waals surface area contributed by atoms with Crippen LogP contribution in [-0.4, -0.2) is 17.2 Å². The zero-order chi connectivity index (χ0) is 7.52. The van der Waals surface area contributed by atoms with E-state index in [2.05, 4.69) is 34.4 Å². The first-order valence-corrected chi connectivity index (χ1v) is 4.29. The predicted molar refractivity (Wildman–Crippen MR) is 45.5 cm³/mol. The van der Waals surface area contributed by atoms with Gasteiger partial charge in [0.2, 0.25) is 0 Å². The van der Waals surface area contributed by atoms with E-state index in [0.717, 1.165) is 6.54 Å². The van der Waals surface area contributed by atoms with Crippen LogP contribution in [-0.2, 0) is 6.54 Å². The zero-order valence-electron chi connectivity index (χ0n) is 6.66. The van der Waals surface area contributed by atoms with Crippen LogP contribution in [0, 0.1) is 0 Å². The molecule has 1 saturated heterocycles. The number of hydrogen-bond acceptors (Lipinski definition) is 1. The number of aromatic nitrogens is 1. The number of hydrogen-bond donors (Lipinski definition) is 1. The molecule has 0 aromatic carbocycles. The summed E-state index contributed by atoms with van der Waals surface area (Å²) < 4.78 is 2.24. The Hall–Kier alpha value is -0.760. The molecule has 60 valence electrons. The Labute approximate surface area is 67.2 Å². The van der Waals surface area contributed by atoms with Gasteiger partial charge in [0.1, 0.15) is 0 Å². The highest BCUT2D eigenvalue weighted by Gasteiger charge is 2.13. The molecule has 0 saturated carbocycles. The highest BCUT2D eigenvalue weighted by Crippen LogP contribution is 2.07. The molecule has 1 aromatic heterocycles. The summed E-state index contributed by atoms with van der Waals surface area (Å²) in [5.41, 5.74) is 0. The van der Waals surface area contributed by atoms with Crippen molar-refractivity contribution in [2.24, 2.45) is 0 Å². The summed E-state index contributed by atoms with van der Waals surface area (Å²) in [5, 5.41) is 3.47. The molecule has 0 amide bonds. The van der Waals surface area contributed by atoms with Crippen LogP contribution in [0.5, 0.6) is 0 Å². The maximum Gasteiger partial charge on any atom is 0.0373 e. The fraction of sp³-hybridized carbons (Fsp3) is 0.556.